The second-order valence-electron chi connectivity index (χ2n) is 5.55. The summed E-state index contributed by atoms with van der Waals surface area (Å²) < 4.78 is 5.49. The van der Waals surface area contributed by atoms with Crippen LogP contribution in [-0.2, 0) is 4.79 Å². The van der Waals surface area contributed by atoms with Crippen molar-refractivity contribution >= 4 is 5.91 Å². The topological polar surface area (TPSA) is 58.6 Å². The molecule has 4 nitrogen and oxygen atoms in total. The first-order valence-electron chi connectivity index (χ1n) is 7.30. The van der Waals surface area contributed by atoms with Crippen molar-refractivity contribution in [2.24, 2.45) is 5.41 Å². The minimum Gasteiger partial charge on any atom is -0.493 e. The zero-order valence-electron chi connectivity index (χ0n) is 11.8. The minimum atomic E-state index is -0.0874. The highest BCUT2D eigenvalue weighted by atomic mass is 16.5. The standard InChI is InChI=1S/C16H23NO3/c18-13-16(9-4-5-10-16)12-17-15(19)8-11-20-14-6-2-1-3-7-14/h1-3,6-7,18H,4-5,8-13H2,(H,17,19). The predicted octanol–water partition coefficient (Wildman–Crippen LogP) is 2.12. The predicted molar refractivity (Wildman–Crippen MR) is 77.6 cm³/mol. The zero-order chi connectivity index (χ0) is 14.3. The van der Waals surface area contributed by atoms with Gasteiger partial charge in [0.25, 0.3) is 0 Å². The van der Waals surface area contributed by atoms with Gasteiger partial charge in [-0.2, -0.15) is 0 Å². The van der Waals surface area contributed by atoms with E-state index in [-0.39, 0.29) is 17.9 Å². The number of carbonyl (C=O) groups is 1. The van der Waals surface area contributed by atoms with E-state index in [0.717, 1.165) is 31.4 Å². The van der Waals surface area contributed by atoms with Gasteiger partial charge in [0, 0.05) is 12.0 Å². The molecule has 1 aromatic rings. The molecule has 0 heterocycles. The fourth-order valence-electron chi connectivity index (χ4n) is 2.67. The summed E-state index contributed by atoms with van der Waals surface area (Å²) in [6.07, 6.45) is 4.64. The number of amides is 1. The lowest BCUT2D eigenvalue weighted by Crippen LogP contribution is -2.38. The summed E-state index contributed by atoms with van der Waals surface area (Å²) in [4.78, 5) is 11.8. The van der Waals surface area contributed by atoms with Crippen LogP contribution in [-0.4, -0.2) is 30.8 Å². The van der Waals surface area contributed by atoms with Crippen molar-refractivity contribution in [3.63, 3.8) is 0 Å². The molecule has 0 atom stereocenters. The Labute approximate surface area is 120 Å². The monoisotopic (exact) mass is 277 g/mol. The number of nitrogens with one attached hydrogen (secondary N) is 1. The molecule has 110 valence electrons. The third kappa shape index (κ3) is 4.23. The van der Waals surface area contributed by atoms with Gasteiger partial charge in [-0.1, -0.05) is 31.0 Å². The van der Waals surface area contributed by atoms with Crippen LogP contribution < -0.4 is 10.1 Å². The van der Waals surface area contributed by atoms with E-state index in [1.54, 1.807) is 0 Å². The molecule has 1 saturated carbocycles. The molecule has 0 spiro atoms. The highest BCUT2D eigenvalue weighted by molar-refractivity contribution is 5.76. The van der Waals surface area contributed by atoms with E-state index in [0.29, 0.717) is 19.6 Å². The molecule has 2 rings (SSSR count). The van der Waals surface area contributed by atoms with E-state index in [4.69, 9.17) is 4.74 Å². The van der Waals surface area contributed by atoms with Crippen LogP contribution in [0.1, 0.15) is 32.1 Å². The van der Waals surface area contributed by atoms with Crippen molar-refractivity contribution in [3.8, 4) is 5.75 Å². The molecule has 4 heteroatoms. The number of hydrogen-bond donors (Lipinski definition) is 2. The SMILES string of the molecule is O=C(CCOc1ccccc1)NCC1(CO)CCCC1. The molecule has 1 aromatic carbocycles. The van der Waals surface area contributed by atoms with Gasteiger partial charge in [-0.05, 0) is 25.0 Å². The second kappa shape index (κ2) is 7.29. The smallest absolute Gasteiger partial charge is 0.223 e. The Morgan fingerprint density at radius 2 is 1.95 bits per heavy atom. The summed E-state index contributed by atoms with van der Waals surface area (Å²) in [5.74, 6) is 0.767. The normalized spacial score (nSPS) is 16.9. The van der Waals surface area contributed by atoms with Crippen LogP contribution in [0.25, 0.3) is 0 Å². The van der Waals surface area contributed by atoms with Gasteiger partial charge in [0.15, 0.2) is 0 Å². The number of ether oxygens (including phenoxy) is 1. The van der Waals surface area contributed by atoms with Crippen molar-refractivity contribution in [3.05, 3.63) is 30.3 Å². The highest BCUT2D eigenvalue weighted by Gasteiger charge is 2.33. The van der Waals surface area contributed by atoms with Gasteiger partial charge in [-0.15, -0.1) is 0 Å². The van der Waals surface area contributed by atoms with Crippen molar-refractivity contribution < 1.29 is 14.6 Å². The molecule has 2 N–H and O–H groups in total. The molecule has 0 radical (unpaired) electrons. The fraction of sp³-hybridized carbons (Fsp3) is 0.562. The van der Waals surface area contributed by atoms with Crippen molar-refractivity contribution in [2.45, 2.75) is 32.1 Å². The summed E-state index contributed by atoms with van der Waals surface area (Å²) in [5, 5.41) is 12.4. The molecular formula is C16H23NO3. The third-order valence-corrected chi connectivity index (χ3v) is 4.00. The van der Waals surface area contributed by atoms with Crippen LogP contribution >= 0.6 is 0 Å². The average molecular weight is 277 g/mol. The van der Waals surface area contributed by atoms with Crippen LogP contribution in [0.2, 0.25) is 0 Å². The van der Waals surface area contributed by atoms with E-state index in [2.05, 4.69) is 5.32 Å². The number of aliphatic hydroxyl groups excluding tert-OH is 1. The first-order valence-corrected chi connectivity index (χ1v) is 7.30. The maximum absolute atomic E-state index is 11.8. The van der Waals surface area contributed by atoms with Gasteiger partial charge in [0.1, 0.15) is 5.75 Å². The molecule has 1 aliphatic carbocycles. The van der Waals surface area contributed by atoms with Gasteiger partial charge in [0.2, 0.25) is 5.91 Å². The molecule has 1 aliphatic rings. The zero-order valence-corrected chi connectivity index (χ0v) is 11.8. The van der Waals surface area contributed by atoms with Crippen LogP contribution in [0.4, 0.5) is 0 Å². The van der Waals surface area contributed by atoms with E-state index in [1.165, 1.54) is 0 Å². The van der Waals surface area contributed by atoms with Gasteiger partial charge in [-0.25, -0.2) is 0 Å². The maximum Gasteiger partial charge on any atom is 0.223 e. The summed E-state index contributed by atoms with van der Waals surface area (Å²) in [6, 6.07) is 9.48. The average Bonchev–Trinajstić information content (AvgIpc) is 2.96. The van der Waals surface area contributed by atoms with Gasteiger partial charge >= 0.3 is 0 Å². The molecular weight excluding hydrogens is 254 g/mol. The quantitative estimate of drug-likeness (QED) is 0.802. The summed E-state index contributed by atoms with van der Waals surface area (Å²) >= 11 is 0. The third-order valence-electron chi connectivity index (χ3n) is 4.00. The first-order chi connectivity index (χ1) is 9.74. The molecule has 1 fully saturated rings. The number of rotatable bonds is 7. The van der Waals surface area contributed by atoms with Crippen LogP contribution in [0.15, 0.2) is 30.3 Å². The first kappa shape index (κ1) is 14.9. The molecule has 0 aromatic heterocycles. The van der Waals surface area contributed by atoms with Crippen LogP contribution in [0.5, 0.6) is 5.75 Å². The Bertz CT molecular complexity index is 413. The Hall–Kier alpha value is -1.55. The maximum atomic E-state index is 11.8. The molecule has 0 bridgehead atoms. The number of carbonyl (C=O) groups excluding carboxylic acids is 1. The number of hydrogen-bond acceptors (Lipinski definition) is 3. The lowest BCUT2D eigenvalue weighted by atomic mass is 9.87. The molecule has 1 amide bonds. The van der Waals surface area contributed by atoms with Gasteiger partial charge in [-0.3, -0.25) is 4.79 Å². The Morgan fingerprint density at radius 3 is 2.60 bits per heavy atom. The highest BCUT2D eigenvalue weighted by Crippen LogP contribution is 2.36. The summed E-state index contributed by atoms with van der Waals surface area (Å²) in [5.41, 5.74) is -0.0874. The summed E-state index contributed by atoms with van der Waals surface area (Å²) in [6.45, 7) is 1.11. The lowest BCUT2D eigenvalue weighted by Gasteiger charge is -2.26. The largest absolute Gasteiger partial charge is 0.493 e. The van der Waals surface area contributed by atoms with Crippen molar-refractivity contribution in [2.75, 3.05) is 19.8 Å². The number of aliphatic hydroxyl groups is 1. The Morgan fingerprint density at radius 1 is 1.25 bits per heavy atom. The fourth-order valence-corrected chi connectivity index (χ4v) is 2.67. The van der Waals surface area contributed by atoms with Crippen molar-refractivity contribution in [1.29, 1.82) is 0 Å². The van der Waals surface area contributed by atoms with Gasteiger partial charge in [0.05, 0.1) is 19.6 Å². The molecule has 0 aliphatic heterocycles. The van der Waals surface area contributed by atoms with Crippen LogP contribution in [0.3, 0.4) is 0 Å². The Kier molecular flexibility index (Phi) is 5.41. The lowest BCUT2D eigenvalue weighted by molar-refractivity contribution is -0.122. The van der Waals surface area contributed by atoms with E-state index < -0.39 is 0 Å². The van der Waals surface area contributed by atoms with E-state index in [9.17, 15) is 9.90 Å². The second-order valence-corrected chi connectivity index (χ2v) is 5.55. The van der Waals surface area contributed by atoms with Crippen LogP contribution in [0, 0.1) is 5.41 Å². The number of benzene rings is 1. The minimum absolute atomic E-state index is 0.0133. The molecule has 0 saturated heterocycles. The Balaban J connectivity index is 1.65. The van der Waals surface area contributed by atoms with Crippen molar-refractivity contribution in [1.82, 2.24) is 5.32 Å². The van der Waals surface area contributed by atoms with E-state index >= 15 is 0 Å². The van der Waals surface area contributed by atoms with Gasteiger partial charge < -0.3 is 15.2 Å². The molecule has 0 unspecified atom stereocenters. The van der Waals surface area contributed by atoms with E-state index in [1.807, 2.05) is 30.3 Å². The summed E-state index contributed by atoms with van der Waals surface area (Å²) in [7, 11) is 0. The molecule has 20 heavy (non-hydrogen) atoms. The number of para-hydroxylation sites is 1.